The number of nitrogens with zero attached hydrogens (tertiary/aromatic N) is 1. The van der Waals surface area contributed by atoms with Gasteiger partial charge in [-0.05, 0) is 19.4 Å². The van der Waals surface area contributed by atoms with Crippen LogP contribution in [0.5, 0.6) is 5.88 Å². The Balaban J connectivity index is 2.78. The summed E-state index contributed by atoms with van der Waals surface area (Å²) < 4.78 is 5.49. The van der Waals surface area contributed by atoms with E-state index < -0.39 is 0 Å². The molecule has 1 heterocycles. The molecule has 0 saturated carbocycles. The van der Waals surface area contributed by atoms with Crippen molar-refractivity contribution in [1.29, 1.82) is 5.41 Å². The molecule has 14 heavy (non-hydrogen) atoms. The van der Waals surface area contributed by atoms with Gasteiger partial charge < -0.3 is 10.5 Å². The lowest BCUT2D eigenvalue weighted by Gasteiger charge is -2.11. The number of ether oxygens (including phenoxy) is 1. The Morgan fingerprint density at radius 3 is 3.00 bits per heavy atom. The molecule has 1 aromatic rings. The van der Waals surface area contributed by atoms with Gasteiger partial charge in [-0.2, -0.15) is 0 Å². The first-order chi connectivity index (χ1) is 6.63. The van der Waals surface area contributed by atoms with Crippen molar-refractivity contribution >= 4 is 5.84 Å². The smallest absolute Gasteiger partial charge is 0.214 e. The van der Waals surface area contributed by atoms with Crippen molar-refractivity contribution in [1.82, 2.24) is 4.98 Å². The van der Waals surface area contributed by atoms with Crippen LogP contribution in [-0.2, 0) is 0 Å². The minimum atomic E-state index is 0.0291. The summed E-state index contributed by atoms with van der Waals surface area (Å²) >= 11 is 0. The molecule has 0 aliphatic carbocycles. The van der Waals surface area contributed by atoms with E-state index in [1.54, 1.807) is 18.3 Å². The number of hydrogen-bond acceptors (Lipinski definition) is 3. The summed E-state index contributed by atoms with van der Waals surface area (Å²) in [6, 6.07) is 3.36. The van der Waals surface area contributed by atoms with Crippen molar-refractivity contribution in [3.8, 4) is 5.88 Å². The minimum absolute atomic E-state index is 0.0291. The maximum atomic E-state index is 7.25. The molecule has 1 rings (SSSR count). The molecule has 1 unspecified atom stereocenters. The molecule has 0 fully saturated rings. The number of hydrogen-bond donors (Lipinski definition) is 2. The van der Waals surface area contributed by atoms with Crippen LogP contribution in [0.4, 0.5) is 0 Å². The molecule has 0 aliphatic rings. The molecule has 1 aromatic heterocycles. The van der Waals surface area contributed by atoms with Crippen LogP contribution >= 0.6 is 0 Å². The SMILES string of the molecule is CCC(C)Oc1cc(C(=N)N)ccn1. The third-order valence-corrected chi connectivity index (χ3v) is 1.94. The Morgan fingerprint density at radius 2 is 2.43 bits per heavy atom. The molecule has 1 atom stereocenters. The van der Waals surface area contributed by atoms with E-state index in [1.807, 2.05) is 13.8 Å². The predicted octanol–water partition coefficient (Wildman–Crippen LogP) is 1.54. The highest BCUT2D eigenvalue weighted by Gasteiger charge is 2.04. The summed E-state index contributed by atoms with van der Waals surface area (Å²) in [4.78, 5) is 4.04. The van der Waals surface area contributed by atoms with Crippen molar-refractivity contribution in [2.45, 2.75) is 26.4 Å². The van der Waals surface area contributed by atoms with Crippen molar-refractivity contribution in [2.24, 2.45) is 5.73 Å². The third kappa shape index (κ3) is 2.73. The molecular formula is C10H15N3O. The van der Waals surface area contributed by atoms with Gasteiger partial charge in [-0.1, -0.05) is 6.92 Å². The summed E-state index contributed by atoms with van der Waals surface area (Å²) in [5.41, 5.74) is 5.98. The zero-order valence-electron chi connectivity index (χ0n) is 8.45. The van der Waals surface area contributed by atoms with Gasteiger partial charge in [0.15, 0.2) is 0 Å². The van der Waals surface area contributed by atoms with Gasteiger partial charge in [0.1, 0.15) is 5.84 Å². The van der Waals surface area contributed by atoms with Gasteiger partial charge in [-0.15, -0.1) is 0 Å². The highest BCUT2D eigenvalue weighted by molar-refractivity contribution is 5.95. The zero-order chi connectivity index (χ0) is 10.6. The summed E-state index contributed by atoms with van der Waals surface area (Å²) in [5, 5.41) is 7.25. The first-order valence-corrected chi connectivity index (χ1v) is 4.60. The van der Waals surface area contributed by atoms with E-state index in [4.69, 9.17) is 15.9 Å². The Hall–Kier alpha value is -1.58. The summed E-state index contributed by atoms with van der Waals surface area (Å²) in [5.74, 6) is 0.549. The highest BCUT2D eigenvalue weighted by atomic mass is 16.5. The van der Waals surface area contributed by atoms with E-state index in [1.165, 1.54) is 0 Å². The van der Waals surface area contributed by atoms with Crippen LogP contribution in [0.25, 0.3) is 0 Å². The normalized spacial score (nSPS) is 12.1. The Kier molecular flexibility index (Phi) is 3.45. The van der Waals surface area contributed by atoms with E-state index in [0.29, 0.717) is 11.4 Å². The summed E-state index contributed by atoms with van der Waals surface area (Å²) in [6.45, 7) is 4.02. The molecular weight excluding hydrogens is 178 g/mol. The molecule has 0 bridgehead atoms. The van der Waals surface area contributed by atoms with Crippen molar-refractivity contribution < 1.29 is 4.74 Å². The maximum absolute atomic E-state index is 7.25. The number of nitrogen functional groups attached to an aromatic ring is 1. The van der Waals surface area contributed by atoms with E-state index in [-0.39, 0.29) is 11.9 Å². The second-order valence-corrected chi connectivity index (χ2v) is 3.13. The number of pyridine rings is 1. The molecule has 0 radical (unpaired) electrons. The average molecular weight is 193 g/mol. The van der Waals surface area contributed by atoms with Crippen molar-refractivity contribution in [3.05, 3.63) is 23.9 Å². The first kappa shape index (κ1) is 10.5. The largest absolute Gasteiger partial charge is 0.475 e. The second-order valence-electron chi connectivity index (χ2n) is 3.13. The van der Waals surface area contributed by atoms with Gasteiger partial charge in [0.2, 0.25) is 5.88 Å². The molecule has 4 heteroatoms. The number of rotatable bonds is 4. The van der Waals surface area contributed by atoms with Crippen molar-refractivity contribution in [3.63, 3.8) is 0 Å². The molecule has 0 saturated heterocycles. The topological polar surface area (TPSA) is 72.0 Å². The molecule has 0 aromatic carbocycles. The number of nitrogens with two attached hydrogens (primary N) is 1. The molecule has 0 spiro atoms. The summed E-state index contributed by atoms with van der Waals surface area (Å²) in [6.07, 6.45) is 2.64. The number of amidine groups is 1. The molecule has 0 amide bonds. The van der Waals surface area contributed by atoms with Gasteiger partial charge in [0.25, 0.3) is 0 Å². The molecule has 3 N–H and O–H groups in total. The van der Waals surface area contributed by atoms with Crippen LogP contribution in [-0.4, -0.2) is 16.9 Å². The lowest BCUT2D eigenvalue weighted by Crippen LogP contribution is -2.14. The molecule has 0 aliphatic heterocycles. The van der Waals surface area contributed by atoms with Crippen LogP contribution in [0.3, 0.4) is 0 Å². The molecule has 76 valence electrons. The minimum Gasteiger partial charge on any atom is -0.475 e. The Morgan fingerprint density at radius 1 is 1.71 bits per heavy atom. The monoisotopic (exact) mass is 193 g/mol. The Bertz CT molecular complexity index is 325. The van der Waals surface area contributed by atoms with Crippen LogP contribution in [0.15, 0.2) is 18.3 Å². The van der Waals surface area contributed by atoms with Crippen molar-refractivity contribution in [2.75, 3.05) is 0 Å². The van der Waals surface area contributed by atoms with E-state index in [9.17, 15) is 0 Å². The van der Waals surface area contributed by atoms with E-state index in [2.05, 4.69) is 4.98 Å². The lowest BCUT2D eigenvalue weighted by atomic mass is 10.2. The van der Waals surface area contributed by atoms with Crippen LogP contribution in [0.1, 0.15) is 25.8 Å². The van der Waals surface area contributed by atoms with Gasteiger partial charge in [0, 0.05) is 17.8 Å². The first-order valence-electron chi connectivity index (χ1n) is 4.60. The fourth-order valence-corrected chi connectivity index (χ4v) is 0.931. The van der Waals surface area contributed by atoms with Gasteiger partial charge in [-0.3, -0.25) is 5.41 Å². The van der Waals surface area contributed by atoms with Gasteiger partial charge in [-0.25, -0.2) is 4.98 Å². The third-order valence-electron chi connectivity index (χ3n) is 1.94. The van der Waals surface area contributed by atoms with Crippen LogP contribution in [0, 0.1) is 5.41 Å². The van der Waals surface area contributed by atoms with Crippen LogP contribution < -0.4 is 10.5 Å². The average Bonchev–Trinajstić information content (AvgIpc) is 2.18. The number of aromatic nitrogens is 1. The van der Waals surface area contributed by atoms with E-state index >= 15 is 0 Å². The Labute approximate surface area is 83.6 Å². The fourth-order valence-electron chi connectivity index (χ4n) is 0.931. The molecule has 4 nitrogen and oxygen atoms in total. The predicted molar refractivity (Wildman–Crippen MR) is 55.6 cm³/mol. The fraction of sp³-hybridized carbons (Fsp3) is 0.400. The second kappa shape index (κ2) is 4.60. The highest BCUT2D eigenvalue weighted by Crippen LogP contribution is 2.11. The van der Waals surface area contributed by atoms with Crippen LogP contribution in [0.2, 0.25) is 0 Å². The van der Waals surface area contributed by atoms with Gasteiger partial charge >= 0.3 is 0 Å². The van der Waals surface area contributed by atoms with Gasteiger partial charge in [0.05, 0.1) is 6.10 Å². The number of nitrogens with one attached hydrogen (secondary N) is 1. The zero-order valence-corrected chi connectivity index (χ0v) is 8.45. The maximum Gasteiger partial charge on any atom is 0.214 e. The lowest BCUT2D eigenvalue weighted by molar-refractivity contribution is 0.208. The quantitative estimate of drug-likeness (QED) is 0.562. The van der Waals surface area contributed by atoms with E-state index in [0.717, 1.165) is 6.42 Å². The standard InChI is InChI=1S/C10H15N3O/c1-3-7(2)14-9-6-8(10(11)12)4-5-13-9/h4-7H,3H2,1-2H3,(H3,11,12). The summed E-state index contributed by atoms with van der Waals surface area (Å²) in [7, 11) is 0.